The summed E-state index contributed by atoms with van der Waals surface area (Å²) in [4.78, 5) is 4.44. The second kappa shape index (κ2) is 13.3. The van der Waals surface area contributed by atoms with Crippen molar-refractivity contribution in [1.29, 1.82) is 0 Å². The quantitative estimate of drug-likeness (QED) is 0.565. The van der Waals surface area contributed by atoms with Crippen LogP contribution in [0.4, 0.5) is 0 Å². The van der Waals surface area contributed by atoms with E-state index in [-0.39, 0.29) is 0 Å². The van der Waals surface area contributed by atoms with Crippen molar-refractivity contribution in [2.75, 3.05) is 0 Å². The van der Waals surface area contributed by atoms with E-state index in [0.717, 1.165) is 10.5 Å². The van der Waals surface area contributed by atoms with E-state index in [4.69, 9.17) is 0 Å². The zero-order chi connectivity index (χ0) is 15.3. The van der Waals surface area contributed by atoms with Gasteiger partial charge in [0.15, 0.2) is 0 Å². The highest BCUT2D eigenvalue weighted by molar-refractivity contribution is 7.18. The van der Waals surface area contributed by atoms with Crippen LogP contribution in [0.2, 0.25) is 0 Å². The summed E-state index contributed by atoms with van der Waals surface area (Å²) in [6, 6.07) is 6.38. The number of fused-ring (bicyclic) bond motifs is 1. The van der Waals surface area contributed by atoms with Crippen LogP contribution in [-0.4, -0.2) is 4.98 Å². The van der Waals surface area contributed by atoms with Crippen LogP contribution >= 0.6 is 11.3 Å². The molecule has 1 aromatic heterocycles. The van der Waals surface area contributed by atoms with Gasteiger partial charge in [0.2, 0.25) is 0 Å². The molecule has 108 valence electrons. The van der Waals surface area contributed by atoms with Gasteiger partial charge in [-0.25, -0.2) is 4.98 Å². The number of hydrogen-bond donors (Lipinski definition) is 0. The SMILES string of the molecule is C/C=C/c1ccc2sc(C)nc2c1.CC.CC.CC. The molecule has 0 aliphatic carbocycles. The van der Waals surface area contributed by atoms with Gasteiger partial charge >= 0.3 is 0 Å². The molecule has 19 heavy (non-hydrogen) atoms. The third-order valence-electron chi connectivity index (χ3n) is 1.88. The molecule has 0 saturated carbocycles. The van der Waals surface area contributed by atoms with E-state index in [1.165, 1.54) is 10.3 Å². The molecular formula is C17H29NS. The van der Waals surface area contributed by atoms with Gasteiger partial charge in [0.05, 0.1) is 15.2 Å². The second-order valence-corrected chi connectivity index (χ2v) is 4.19. The molecule has 0 atom stereocenters. The van der Waals surface area contributed by atoms with Crippen LogP contribution < -0.4 is 0 Å². The van der Waals surface area contributed by atoms with E-state index in [9.17, 15) is 0 Å². The van der Waals surface area contributed by atoms with Crippen molar-refractivity contribution in [1.82, 2.24) is 4.98 Å². The summed E-state index contributed by atoms with van der Waals surface area (Å²) in [5, 5.41) is 1.13. The van der Waals surface area contributed by atoms with Crippen molar-refractivity contribution in [3.63, 3.8) is 0 Å². The molecule has 0 amide bonds. The number of aromatic nitrogens is 1. The fraction of sp³-hybridized carbons (Fsp3) is 0.471. The zero-order valence-electron chi connectivity index (χ0n) is 13.7. The molecular weight excluding hydrogens is 250 g/mol. The molecule has 0 fully saturated rings. The Labute approximate surface area is 123 Å². The van der Waals surface area contributed by atoms with Gasteiger partial charge in [-0.15, -0.1) is 11.3 Å². The van der Waals surface area contributed by atoms with Gasteiger partial charge in [0.1, 0.15) is 0 Å². The minimum atomic E-state index is 1.11. The maximum atomic E-state index is 4.44. The van der Waals surface area contributed by atoms with Crippen LogP contribution in [0.15, 0.2) is 24.3 Å². The summed E-state index contributed by atoms with van der Waals surface area (Å²) < 4.78 is 1.27. The Bertz CT molecular complexity index is 455. The first-order valence-electron chi connectivity index (χ1n) is 7.29. The number of thiazole rings is 1. The largest absolute Gasteiger partial charge is 0.241 e. The third kappa shape index (κ3) is 7.12. The first-order valence-corrected chi connectivity index (χ1v) is 8.11. The van der Waals surface area contributed by atoms with Crippen molar-refractivity contribution < 1.29 is 0 Å². The van der Waals surface area contributed by atoms with Gasteiger partial charge in [-0.1, -0.05) is 59.8 Å². The summed E-state index contributed by atoms with van der Waals surface area (Å²) >= 11 is 1.74. The first-order chi connectivity index (χ1) is 9.29. The molecule has 2 aromatic rings. The molecule has 0 aliphatic rings. The number of allylic oxidation sites excluding steroid dienone is 1. The van der Waals surface area contributed by atoms with Crippen LogP contribution in [-0.2, 0) is 0 Å². The number of nitrogens with zero attached hydrogens (tertiary/aromatic N) is 1. The fourth-order valence-corrected chi connectivity index (χ4v) is 2.16. The predicted octanol–water partition coefficient (Wildman–Crippen LogP) is 6.72. The van der Waals surface area contributed by atoms with Gasteiger partial charge < -0.3 is 0 Å². The van der Waals surface area contributed by atoms with Crippen LogP contribution in [0.5, 0.6) is 0 Å². The zero-order valence-corrected chi connectivity index (χ0v) is 14.6. The molecule has 1 heterocycles. The van der Waals surface area contributed by atoms with Crippen LogP contribution in [0.25, 0.3) is 16.3 Å². The number of aryl methyl sites for hydroxylation is 1. The Morgan fingerprint density at radius 1 is 1.00 bits per heavy atom. The van der Waals surface area contributed by atoms with E-state index >= 15 is 0 Å². The molecule has 1 nitrogen and oxygen atoms in total. The highest BCUT2D eigenvalue weighted by Gasteiger charge is 1.99. The molecule has 1 aromatic carbocycles. The summed E-state index contributed by atoms with van der Waals surface area (Å²) in [6.45, 7) is 16.1. The molecule has 0 bridgehead atoms. The average molecular weight is 279 g/mol. The second-order valence-electron chi connectivity index (χ2n) is 2.96. The first kappa shape index (κ1) is 20.2. The summed E-state index contributed by atoms with van der Waals surface area (Å²) in [5.74, 6) is 0. The smallest absolute Gasteiger partial charge is 0.0907 e. The molecule has 0 spiro atoms. The van der Waals surface area contributed by atoms with Crippen LogP contribution in [0, 0.1) is 6.92 Å². The van der Waals surface area contributed by atoms with Crippen LogP contribution in [0.1, 0.15) is 59.0 Å². The van der Waals surface area contributed by atoms with Crippen LogP contribution in [0.3, 0.4) is 0 Å². The minimum Gasteiger partial charge on any atom is -0.241 e. The van der Waals surface area contributed by atoms with Gasteiger partial charge in [0.25, 0.3) is 0 Å². The van der Waals surface area contributed by atoms with Gasteiger partial charge in [-0.05, 0) is 31.5 Å². The number of benzene rings is 1. The Balaban J connectivity index is 0. The highest BCUT2D eigenvalue weighted by Crippen LogP contribution is 2.22. The molecule has 0 unspecified atom stereocenters. The lowest BCUT2D eigenvalue weighted by molar-refractivity contribution is 1.35. The summed E-state index contributed by atoms with van der Waals surface area (Å²) in [7, 11) is 0. The normalized spacial score (nSPS) is 8.84. The predicted molar refractivity (Wildman–Crippen MR) is 93.1 cm³/mol. The van der Waals surface area contributed by atoms with Crippen molar-refractivity contribution in [3.05, 3.63) is 34.8 Å². The number of hydrogen-bond acceptors (Lipinski definition) is 2. The standard InChI is InChI=1S/C11H11NS.3C2H6/c1-3-4-9-5-6-11-10(7-9)12-8(2)13-11;3*1-2/h3-7H,1-2H3;3*1-2H3/b4-3+;;;. The number of rotatable bonds is 1. The fourth-order valence-electron chi connectivity index (χ4n) is 1.36. The van der Waals surface area contributed by atoms with E-state index in [1.807, 2.05) is 61.5 Å². The van der Waals surface area contributed by atoms with Crippen molar-refractivity contribution in [3.8, 4) is 0 Å². The lowest BCUT2D eigenvalue weighted by atomic mass is 10.2. The van der Waals surface area contributed by atoms with E-state index in [0.29, 0.717) is 0 Å². The highest BCUT2D eigenvalue weighted by atomic mass is 32.1. The van der Waals surface area contributed by atoms with Crippen molar-refractivity contribution in [2.24, 2.45) is 0 Å². The molecule has 2 rings (SSSR count). The van der Waals surface area contributed by atoms with Gasteiger partial charge in [-0.2, -0.15) is 0 Å². The summed E-state index contributed by atoms with van der Waals surface area (Å²) in [6.07, 6.45) is 4.13. The molecule has 2 heteroatoms. The monoisotopic (exact) mass is 279 g/mol. The van der Waals surface area contributed by atoms with Crippen molar-refractivity contribution in [2.45, 2.75) is 55.4 Å². The lowest BCUT2D eigenvalue weighted by Gasteiger charge is -1.91. The molecule has 0 radical (unpaired) electrons. The Morgan fingerprint density at radius 3 is 2.11 bits per heavy atom. The topological polar surface area (TPSA) is 12.9 Å². The van der Waals surface area contributed by atoms with E-state index in [1.54, 1.807) is 11.3 Å². The maximum Gasteiger partial charge on any atom is 0.0907 e. The Hall–Kier alpha value is -1.15. The van der Waals surface area contributed by atoms with E-state index < -0.39 is 0 Å². The maximum absolute atomic E-state index is 4.44. The Morgan fingerprint density at radius 2 is 1.58 bits per heavy atom. The third-order valence-corrected chi connectivity index (χ3v) is 2.83. The van der Waals surface area contributed by atoms with Gasteiger partial charge in [-0.3, -0.25) is 0 Å². The van der Waals surface area contributed by atoms with Crippen molar-refractivity contribution >= 4 is 27.6 Å². The molecule has 0 N–H and O–H groups in total. The van der Waals surface area contributed by atoms with Gasteiger partial charge in [0, 0.05) is 0 Å². The molecule has 0 aliphatic heterocycles. The molecule has 0 saturated heterocycles. The summed E-state index contributed by atoms with van der Waals surface area (Å²) in [5.41, 5.74) is 2.33. The average Bonchev–Trinajstić information content (AvgIpc) is 2.85. The van der Waals surface area contributed by atoms with E-state index in [2.05, 4.69) is 29.3 Å². The Kier molecular flexibility index (Phi) is 14.1. The minimum absolute atomic E-state index is 1.11. The lowest BCUT2D eigenvalue weighted by Crippen LogP contribution is -1.72.